The summed E-state index contributed by atoms with van der Waals surface area (Å²) in [5.41, 5.74) is 14.9. The van der Waals surface area contributed by atoms with E-state index in [-0.39, 0.29) is 24.5 Å². The Morgan fingerprint density at radius 3 is 1.87 bits per heavy atom. The fourth-order valence-electron chi connectivity index (χ4n) is 5.16. The molecule has 0 aliphatic carbocycles. The molecule has 3 amide bonds. The highest BCUT2D eigenvalue weighted by Gasteiger charge is 2.31. The van der Waals surface area contributed by atoms with Gasteiger partial charge >= 0.3 is 0 Å². The Hall–Kier alpha value is -4.48. The van der Waals surface area contributed by atoms with Crippen molar-refractivity contribution in [3.05, 3.63) is 95.6 Å². The van der Waals surface area contributed by atoms with E-state index in [1.165, 1.54) is 0 Å². The van der Waals surface area contributed by atoms with Gasteiger partial charge in [-0.3, -0.25) is 29.1 Å². The third-order valence-electron chi connectivity index (χ3n) is 7.73. The number of unbranched alkanes of at least 4 members (excludes halogenated alkanes) is 1. The van der Waals surface area contributed by atoms with Crippen LogP contribution in [0.1, 0.15) is 62.0 Å². The quantitative estimate of drug-likeness (QED) is 0.123. The van der Waals surface area contributed by atoms with E-state index >= 15 is 0 Å². The minimum absolute atomic E-state index is 0.0104. The number of aromatic nitrogens is 2. The molecule has 0 aliphatic heterocycles. The zero-order chi connectivity index (χ0) is 34.2. The smallest absolute Gasteiger partial charge is 0.243 e. The van der Waals surface area contributed by atoms with Crippen LogP contribution in [0.2, 0.25) is 0 Å². The lowest BCUT2D eigenvalue weighted by molar-refractivity contribution is -0.133. The number of Topliss-reactive ketones (excluding diaryl/α,β-unsaturated/α-hetero) is 1. The maximum absolute atomic E-state index is 13.8. The van der Waals surface area contributed by atoms with Gasteiger partial charge in [0.05, 0.1) is 29.9 Å². The molecule has 0 saturated heterocycles. The second-order valence-corrected chi connectivity index (χ2v) is 12.4. The van der Waals surface area contributed by atoms with Gasteiger partial charge in [-0.1, -0.05) is 74.5 Å². The summed E-state index contributed by atoms with van der Waals surface area (Å²) in [7, 11) is 0. The van der Waals surface area contributed by atoms with Crippen LogP contribution in [-0.2, 0) is 38.4 Å². The number of nitrogens with two attached hydrogens (primary N) is 2. The molecule has 47 heavy (non-hydrogen) atoms. The first kappa shape index (κ1) is 37.0. The minimum Gasteiger partial charge on any atom is -0.344 e. The number of nitrogens with one attached hydrogen (secondary N) is 3. The van der Waals surface area contributed by atoms with Gasteiger partial charge in [0.2, 0.25) is 17.7 Å². The SMILES string of the molecule is Cc1cnc(CC(=O)[C@@H](CCCCN)NC(=O)[C@@H](CC(C)C)NC(=O)[C@@H](Cc2ccccc2)NC(=O)[C@H](N)Cc2ccccc2)cn1. The highest BCUT2D eigenvalue weighted by molar-refractivity contribution is 5.95. The Morgan fingerprint density at radius 1 is 0.723 bits per heavy atom. The van der Waals surface area contributed by atoms with Gasteiger partial charge < -0.3 is 27.4 Å². The molecule has 11 nitrogen and oxygen atoms in total. The monoisotopic (exact) mass is 643 g/mol. The van der Waals surface area contributed by atoms with E-state index in [4.69, 9.17) is 11.5 Å². The molecule has 11 heteroatoms. The molecule has 3 aromatic rings. The molecular weight excluding hydrogens is 594 g/mol. The van der Waals surface area contributed by atoms with E-state index < -0.39 is 41.9 Å². The van der Waals surface area contributed by atoms with Crippen molar-refractivity contribution in [2.45, 2.75) is 89.9 Å². The van der Waals surface area contributed by atoms with Crippen LogP contribution in [0.3, 0.4) is 0 Å². The largest absolute Gasteiger partial charge is 0.344 e. The molecule has 252 valence electrons. The van der Waals surface area contributed by atoms with Gasteiger partial charge in [-0.05, 0) is 62.6 Å². The number of carbonyl (C=O) groups excluding carboxylic acids is 4. The maximum atomic E-state index is 13.8. The number of benzene rings is 2. The lowest BCUT2D eigenvalue weighted by atomic mass is 9.98. The average molecular weight is 644 g/mol. The topological polar surface area (TPSA) is 182 Å². The maximum Gasteiger partial charge on any atom is 0.243 e. The summed E-state index contributed by atoms with van der Waals surface area (Å²) in [4.78, 5) is 62.6. The number of hydrogen-bond acceptors (Lipinski definition) is 8. The normalized spacial score (nSPS) is 13.7. The van der Waals surface area contributed by atoms with Crippen LogP contribution in [0.5, 0.6) is 0 Å². The van der Waals surface area contributed by atoms with Crippen molar-refractivity contribution in [1.82, 2.24) is 25.9 Å². The van der Waals surface area contributed by atoms with Crippen LogP contribution in [-0.4, -0.2) is 64.2 Å². The predicted octanol–water partition coefficient (Wildman–Crippen LogP) is 2.34. The molecule has 0 bridgehead atoms. The van der Waals surface area contributed by atoms with Gasteiger partial charge in [0.25, 0.3) is 0 Å². The van der Waals surface area contributed by atoms with Gasteiger partial charge in [0.15, 0.2) is 5.78 Å². The average Bonchev–Trinajstić information content (AvgIpc) is 3.05. The Morgan fingerprint density at radius 2 is 1.30 bits per heavy atom. The van der Waals surface area contributed by atoms with Crippen LogP contribution in [0.15, 0.2) is 73.1 Å². The second kappa shape index (κ2) is 19.2. The number of rotatable bonds is 19. The van der Waals surface area contributed by atoms with E-state index in [1.807, 2.05) is 81.4 Å². The van der Waals surface area contributed by atoms with Crippen LogP contribution < -0.4 is 27.4 Å². The van der Waals surface area contributed by atoms with E-state index in [0.717, 1.165) is 16.8 Å². The second-order valence-electron chi connectivity index (χ2n) is 12.4. The fourth-order valence-corrected chi connectivity index (χ4v) is 5.16. The highest BCUT2D eigenvalue weighted by Crippen LogP contribution is 2.12. The van der Waals surface area contributed by atoms with Gasteiger partial charge in [-0.15, -0.1) is 0 Å². The van der Waals surface area contributed by atoms with Crippen LogP contribution >= 0.6 is 0 Å². The first-order valence-electron chi connectivity index (χ1n) is 16.3. The number of carbonyl (C=O) groups is 4. The summed E-state index contributed by atoms with van der Waals surface area (Å²) < 4.78 is 0. The molecule has 4 atom stereocenters. The molecule has 1 heterocycles. The number of aryl methyl sites for hydroxylation is 1. The standard InChI is InChI=1S/C36H49N7O4/c1-24(2)18-31(35(46)41-30(16-10-11-17-37)33(44)21-28-23-39-25(3)22-40-28)43-36(47)32(20-27-14-8-5-9-15-27)42-34(45)29(38)19-26-12-6-4-7-13-26/h4-9,12-15,22-24,29-32H,10-11,16-21,37-38H2,1-3H3,(H,41,46)(H,42,45)(H,43,47)/t29-,30-,31-,32-/m1/s1. The fraction of sp³-hybridized carbons (Fsp3) is 0.444. The molecule has 0 spiro atoms. The lowest BCUT2D eigenvalue weighted by Crippen LogP contribution is -2.58. The molecular formula is C36H49N7O4. The number of nitrogens with zero attached hydrogens (tertiary/aromatic N) is 2. The van der Waals surface area contributed by atoms with Crippen molar-refractivity contribution >= 4 is 23.5 Å². The van der Waals surface area contributed by atoms with Crippen molar-refractivity contribution in [2.24, 2.45) is 17.4 Å². The molecule has 0 saturated carbocycles. The first-order chi connectivity index (χ1) is 22.5. The van der Waals surface area contributed by atoms with E-state index in [2.05, 4.69) is 25.9 Å². The number of amides is 3. The third-order valence-corrected chi connectivity index (χ3v) is 7.73. The Bertz CT molecular complexity index is 1420. The summed E-state index contributed by atoms with van der Waals surface area (Å²) in [5.74, 6) is -1.62. The summed E-state index contributed by atoms with van der Waals surface area (Å²) in [6.45, 7) is 6.16. The minimum atomic E-state index is -0.990. The van der Waals surface area contributed by atoms with Crippen molar-refractivity contribution in [3.63, 3.8) is 0 Å². The van der Waals surface area contributed by atoms with Crippen molar-refractivity contribution in [2.75, 3.05) is 6.54 Å². The molecule has 1 aromatic heterocycles. The van der Waals surface area contributed by atoms with Crippen LogP contribution in [0.25, 0.3) is 0 Å². The van der Waals surface area contributed by atoms with Crippen LogP contribution in [0, 0.1) is 12.8 Å². The number of ketones is 1. The van der Waals surface area contributed by atoms with E-state index in [1.54, 1.807) is 12.4 Å². The zero-order valence-electron chi connectivity index (χ0n) is 27.7. The van der Waals surface area contributed by atoms with Gasteiger partial charge in [0.1, 0.15) is 12.1 Å². The Balaban J connectivity index is 1.77. The summed E-state index contributed by atoms with van der Waals surface area (Å²) in [5, 5.41) is 8.58. The van der Waals surface area contributed by atoms with Crippen molar-refractivity contribution in [1.29, 1.82) is 0 Å². The molecule has 0 radical (unpaired) electrons. The van der Waals surface area contributed by atoms with E-state index in [9.17, 15) is 19.2 Å². The van der Waals surface area contributed by atoms with Gasteiger partial charge in [0, 0.05) is 18.8 Å². The molecule has 0 aliphatic rings. The lowest BCUT2D eigenvalue weighted by Gasteiger charge is -2.27. The Labute approximate surface area is 277 Å². The van der Waals surface area contributed by atoms with Crippen LogP contribution in [0.4, 0.5) is 0 Å². The molecule has 2 aromatic carbocycles. The third kappa shape index (κ3) is 13.0. The summed E-state index contributed by atoms with van der Waals surface area (Å²) in [6, 6.07) is 15.1. The Kier molecular flexibility index (Phi) is 15.1. The summed E-state index contributed by atoms with van der Waals surface area (Å²) >= 11 is 0. The molecule has 0 fully saturated rings. The van der Waals surface area contributed by atoms with Crippen molar-refractivity contribution < 1.29 is 19.2 Å². The molecule has 7 N–H and O–H groups in total. The summed E-state index contributed by atoms with van der Waals surface area (Å²) in [6.07, 6.45) is 5.73. The molecule has 3 rings (SSSR count). The van der Waals surface area contributed by atoms with Gasteiger partial charge in [-0.25, -0.2) is 0 Å². The van der Waals surface area contributed by atoms with E-state index in [0.29, 0.717) is 44.3 Å². The zero-order valence-corrected chi connectivity index (χ0v) is 27.7. The highest BCUT2D eigenvalue weighted by atomic mass is 16.2. The van der Waals surface area contributed by atoms with Gasteiger partial charge in [-0.2, -0.15) is 0 Å². The molecule has 0 unspecified atom stereocenters. The first-order valence-corrected chi connectivity index (χ1v) is 16.3. The van der Waals surface area contributed by atoms with Crippen molar-refractivity contribution in [3.8, 4) is 0 Å². The predicted molar refractivity (Wildman–Crippen MR) is 182 cm³/mol. The number of hydrogen-bond donors (Lipinski definition) is 5.